The molecule has 0 N–H and O–H groups in total. The summed E-state index contributed by atoms with van der Waals surface area (Å²) in [5, 5.41) is 0. The van der Waals surface area contributed by atoms with Crippen LogP contribution in [0.25, 0.3) is 0 Å². The minimum Gasteiger partial charge on any atom is -0.342 e. The van der Waals surface area contributed by atoms with Crippen LogP contribution in [0, 0.1) is 10.8 Å². The van der Waals surface area contributed by atoms with Gasteiger partial charge in [0.2, 0.25) is 11.9 Å². The van der Waals surface area contributed by atoms with Crippen molar-refractivity contribution >= 4 is 11.9 Å². The topological polar surface area (TPSA) is 52.6 Å². The second-order valence-corrected chi connectivity index (χ2v) is 9.00. The summed E-state index contributed by atoms with van der Waals surface area (Å²) in [6, 6.07) is 1.85. The monoisotopic (exact) mass is 359 g/mol. The molecule has 2 saturated heterocycles. The summed E-state index contributed by atoms with van der Waals surface area (Å²) in [4.78, 5) is 28.0. The molecule has 0 radical (unpaired) electrons. The molecule has 3 rings (SSSR count). The Morgan fingerprint density at radius 3 is 2.15 bits per heavy atom. The number of aromatic nitrogens is 2. The third-order valence-electron chi connectivity index (χ3n) is 6.43. The van der Waals surface area contributed by atoms with Gasteiger partial charge in [-0.3, -0.25) is 9.69 Å². The summed E-state index contributed by atoms with van der Waals surface area (Å²) in [6.07, 6.45) is 5.19. The van der Waals surface area contributed by atoms with Crippen molar-refractivity contribution in [2.75, 3.05) is 50.7 Å². The normalized spacial score (nSPS) is 22.6. The largest absolute Gasteiger partial charge is 0.342 e. The van der Waals surface area contributed by atoms with Gasteiger partial charge in [0.05, 0.1) is 0 Å². The summed E-state index contributed by atoms with van der Waals surface area (Å²) in [5.41, 5.74) is 0.386. The number of likely N-dealkylation sites (tertiary alicyclic amines) is 1. The van der Waals surface area contributed by atoms with Crippen molar-refractivity contribution in [2.45, 2.75) is 40.5 Å². The molecule has 2 aliphatic heterocycles. The maximum Gasteiger partial charge on any atom is 0.225 e. The number of piperazine rings is 1. The van der Waals surface area contributed by atoms with Crippen molar-refractivity contribution in [3.63, 3.8) is 0 Å². The number of hydrogen-bond donors (Lipinski definition) is 0. The summed E-state index contributed by atoms with van der Waals surface area (Å²) >= 11 is 0. The average molecular weight is 360 g/mol. The molecule has 0 saturated carbocycles. The molecule has 0 aromatic carbocycles. The number of carbonyl (C=O) groups is 1. The highest BCUT2D eigenvalue weighted by atomic mass is 16.2. The molecule has 1 amide bonds. The van der Waals surface area contributed by atoms with Crippen molar-refractivity contribution in [1.82, 2.24) is 19.8 Å². The van der Waals surface area contributed by atoms with Crippen LogP contribution in [0.5, 0.6) is 0 Å². The molecule has 3 heterocycles. The lowest BCUT2D eigenvalue weighted by Crippen LogP contribution is -2.47. The van der Waals surface area contributed by atoms with Crippen LogP contribution >= 0.6 is 0 Å². The van der Waals surface area contributed by atoms with E-state index in [9.17, 15) is 4.79 Å². The minimum atomic E-state index is 0.193. The van der Waals surface area contributed by atoms with Gasteiger partial charge >= 0.3 is 0 Å². The second-order valence-electron chi connectivity index (χ2n) is 9.00. The number of hydrogen-bond acceptors (Lipinski definition) is 5. The molecule has 1 aromatic rings. The molecule has 144 valence electrons. The zero-order chi connectivity index (χ0) is 18.8. The molecule has 2 aliphatic rings. The van der Waals surface area contributed by atoms with Crippen LogP contribution in [-0.4, -0.2) is 71.5 Å². The fourth-order valence-corrected chi connectivity index (χ4v) is 3.85. The van der Waals surface area contributed by atoms with Crippen LogP contribution in [0.15, 0.2) is 18.5 Å². The van der Waals surface area contributed by atoms with E-state index in [-0.39, 0.29) is 10.8 Å². The van der Waals surface area contributed by atoms with Crippen LogP contribution in [0.2, 0.25) is 0 Å². The molecular weight excluding hydrogens is 326 g/mol. The molecular formula is C20H33N5O. The van der Waals surface area contributed by atoms with E-state index < -0.39 is 0 Å². The predicted octanol–water partition coefficient (Wildman–Crippen LogP) is 2.27. The first-order chi connectivity index (χ1) is 12.3. The van der Waals surface area contributed by atoms with E-state index in [4.69, 9.17) is 0 Å². The van der Waals surface area contributed by atoms with Crippen molar-refractivity contribution in [3.8, 4) is 0 Å². The van der Waals surface area contributed by atoms with Gasteiger partial charge in [0, 0.05) is 58.1 Å². The van der Waals surface area contributed by atoms with E-state index in [1.165, 1.54) is 0 Å². The maximum atomic E-state index is 12.6. The summed E-state index contributed by atoms with van der Waals surface area (Å²) in [7, 11) is 0. The van der Waals surface area contributed by atoms with Gasteiger partial charge in [0.1, 0.15) is 0 Å². The molecule has 0 unspecified atom stereocenters. The fourth-order valence-electron chi connectivity index (χ4n) is 3.85. The Kier molecular flexibility index (Phi) is 5.51. The number of amides is 1. The van der Waals surface area contributed by atoms with E-state index in [0.717, 1.165) is 58.2 Å². The van der Waals surface area contributed by atoms with Crippen LogP contribution < -0.4 is 4.90 Å². The third kappa shape index (κ3) is 4.17. The molecule has 1 aromatic heterocycles. The van der Waals surface area contributed by atoms with E-state index in [1.54, 1.807) is 12.4 Å². The predicted molar refractivity (Wildman–Crippen MR) is 104 cm³/mol. The molecule has 0 aliphatic carbocycles. The van der Waals surface area contributed by atoms with Crippen molar-refractivity contribution < 1.29 is 4.79 Å². The zero-order valence-corrected chi connectivity index (χ0v) is 16.7. The minimum absolute atomic E-state index is 0.193. The highest BCUT2D eigenvalue weighted by Crippen LogP contribution is 2.45. The Labute approximate surface area is 157 Å². The van der Waals surface area contributed by atoms with E-state index in [1.807, 2.05) is 6.07 Å². The maximum absolute atomic E-state index is 12.6. The molecule has 0 bridgehead atoms. The summed E-state index contributed by atoms with van der Waals surface area (Å²) in [5.74, 6) is 1.14. The lowest BCUT2D eigenvalue weighted by molar-refractivity contribution is -0.130. The van der Waals surface area contributed by atoms with E-state index >= 15 is 0 Å². The number of rotatable bonds is 5. The smallest absolute Gasteiger partial charge is 0.225 e. The first-order valence-corrected chi connectivity index (χ1v) is 9.81. The number of anilines is 1. The van der Waals surface area contributed by atoms with Gasteiger partial charge in [0.15, 0.2) is 0 Å². The molecule has 6 heteroatoms. The fraction of sp³-hybridized carbons (Fsp3) is 0.750. The SMILES string of the molecule is CC1(C)CN(C(=O)CCCN2CCN(c3ncccn3)CC2)CC1(C)C. The quantitative estimate of drug-likeness (QED) is 0.807. The average Bonchev–Trinajstić information content (AvgIpc) is 2.84. The van der Waals surface area contributed by atoms with Gasteiger partial charge in [-0.1, -0.05) is 27.7 Å². The Bertz CT molecular complexity index is 592. The Hall–Kier alpha value is -1.69. The Morgan fingerprint density at radius 2 is 1.58 bits per heavy atom. The first kappa shape index (κ1) is 19.1. The lowest BCUT2D eigenvalue weighted by atomic mass is 9.71. The highest BCUT2D eigenvalue weighted by Gasteiger charge is 2.46. The molecule has 0 atom stereocenters. The molecule has 26 heavy (non-hydrogen) atoms. The van der Waals surface area contributed by atoms with Crippen LogP contribution in [0.1, 0.15) is 40.5 Å². The third-order valence-corrected chi connectivity index (χ3v) is 6.43. The second kappa shape index (κ2) is 7.51. The van der Waals surface area contributed by atoms with Crippen LogP contribution in [0.4, 0.5) is 5.95 Å². The molecule has 6 nitrogen and oxygen atoms in total. The Balaban J connectivity index is 1.38. The number of nitrogens with zero attached hydrogens (tertiary/aromatic N) is 5. The van der Waals surface area contributed by atoms with Gasteiger partial charge in [-0.05, 0) is 29.9 Å². The van der Waals surface area contributed by atoms with Gasteiger partial charge in [-0.25, -0.2) is 9.97 Å². The van der Waals surface area contributed by atoms with Crippen LogP contribution in [-0.2, 0) is 4.79 Å². The number of carbonyl (C=O) groups excluding carboxylic acids is 1. The van der Waals surface area contributed by atoms with Gasteiger partial charge in [0.25, 0.3) is 0 Å². The summed E-state index contributed by atoms with van der Waals surface area (Å²) in [6.45, 7) is 15.8. The van der Waals surface area contributed by atoms with E-state index in [0.29, 0.717) is 12.3 Å². The van der Waals surface area contributed by atoms with Crippen molar-refractivity contribution in [3.05, 3.63) is 18.5 Å². The van der Waals surface area contributed by atoms with Gasteiger partial charge < -0.3 is 9.80 Å². The van der Waals surface area contributed by atoms with E-state index in [2.05, 4.69) is 52.4 Å². The van der Waals surface area contributed by atoms with Gasteiger partial charge in [-0.2, -0.15) is 0 Å². The Morgan fingerprint density at radius 1 is 1.00 bits per heavy atom. The lowest BCUT2D eigenvalue weighted by Gasteiger charge is -2.34. The standard InChI is InChI=1S/C20H33N5O/c1-19(2)15-25(16-20(19,3)4)17(26)7-5-10-23-11-13-24(14-12-23)18-21-8-6-9-22-18/h6,8-9H,5,7,10-16H2,1-4H3. The molecule has 0 spiro atoms. The highest BCUT2D eigenvalue weighted by molar-refractivity contribution is 5.76. The molecule has 2 fully saturated rings. The van der Waals surface area contributed by atoms with Crippen molar-refractivity contribution in [2.24, 2.45) is 10.8 Å². The summed E-state index contributed by atoms with van der Waals surface area (Å²) < 4.78 is 0. The van der Waals surface area contributed by atoms with Gasteiger partial charge in [-0.15, -0.1) is 0 Å². The zero-order valence-electron chi connectivity index (χ0n) is 16.7. The van der Waals surface area contributed by atoms with Crippen molar-refractivity contribution in [1.29, 1.82) is 0 Å². The van der Waals surface area contributed by atoms with Crippen LogP contribution in [0.3, 0.4) is 0 Å². The first-order valence-electron chi connectivity index (χ1n) is 9.81.